The van der Waals surface area contributed by atoms with Crippen molar-refractivity contribution in [2.45, 2.75) is 20.4 Å². The minimum absolute atomic E-state index is 0.682. The van der Waals surface area contributed by atoms with E-state index in [4.69, 9.17) is 5.73 Å². The van der Waals surface area contributed by atoms with E-state index in [1.807, 2.05) is 27.1 Å². The SMILES string of the molecule is Cc1cnc(CNc2c(N)c(C)nn2C)s1. The summed E-state index contributed by atoms with van der Waals surface area (Å²) >= 11 is 1.68. The van der Waals surface area contributed by atoms with Crippen molar-refractivity contribution >= 4 is 22.8 Å². The number of anilines is 2. The summed E-state index contributed by atoms with van der Waals surface area (Å²) in [6, 6.07) is 0. The zero-order valence-corrected chi connectivity index (χ0v) is 10.4. The highest BCUT2D eigenvalue weighted by Crippen LogP contribution is 2.22. The number of thiazole rings is 1. The standard InChI is InChI=1S/C10H15N5S/c1-6-4-12-8(16-6)5-13-10-9(11)7(2)14-15(10)3/h4,13H,5,11H2,1-3H3. The maximum absolute atomic E-state index is 5.91. The Bertz CT molecular complexity index is 499. The Morgan fingerprint density at radius 3 is 2.75 bits per heavy atom. The monoisotopic (exact) mass is 237 g/mol. The molecule has 5 nitrogen and oxygen atoms in total. The Morgan fingerprint density at radius 2 is 2.25 bits per heavy atom. The fourth-order valence-electron chi connectivity index (χ4n) is 1.53. The molecule has 16 heavy (non-hydrogen) atoms. The lowest BCUT2D eigenvalue weighted by molar-refractivity contribution is 0.758. The first-order chi connectivity index (χ1) is 7.58. The van der Waals surface area contributed by atoms with Crippen molar-refractivity contribution in [3.05, 3.63) is 21.8 Å². The van der Waals surface area contributed by atoms with E-state index >= 15 is 0 Å². The Labute approximate surface area is 98.3 Å². The van der Waals surface area contributed by atoms with E-state index in [0.29, 0.717) is 12.2 Å². The predicted octanol–water partition coefficient (Wildman–Crippen LogP) is 1.69. The summed E-state index contributed by atoms with van der Waals surface area (Å²) in [5.41, 5.74) is 7.46. The molecule has 0 aliphatic heterocycles. The third-order valence-electron chi connectivity index (χ3n) is 2.34. The molecule has 2 aromatic rings. The molecule has 0 radical (unpaired) electrons. The van der Waals surface area contributed by atoms with Gasteiger partial charge in [-0.1, -0.05) is 0 Å². The number of nitrogens with two attached hydrogens (primary N) is 1. The van der Waals surface area contributed by atoms with E-state index in [0.717, 1.165) is 16.5 Å². The van der Waals surface area contributed by atoms with Gasteiger partial charge < -0.3 is 11.1 Å². The van der Waals surface area contributed by atoms with Gasteiger partial charge >= 0.3 is 0 Å². The maximum Gasteiger partial charge on any atom is 0.148 e. The maximum atomic E-state index is 5.91. The highest BCUT2D eigenvalue weighted by Gasteiger charge is 2.09. The van der Waals surface area contributed by atoms with Crippen LogP contribution in [0.3, 0.4) is 0 Å². The predicted molar refractivity (Wildman–Crippen MR) is 66.5 cm³/mol. The van der Waals surface area contributed by atoms with Crippen LogP contribution in [0.15, 0.2) is 6.20 Å². The van der Waals surface area contributed by atoms with Crippen molar-refractivity contribution in [2.75, 3.05) is 11.1 Å². The van der Waals surface area contributed by atoms with Gasteiger partial charge in [-0.25, -0.2) is 4.98 Å². The molecule has 2 heterocycles. The third kappa shape index (κ3) is 2.01. The molecule has 0 spiro atoms. The number of hydrogen-bond acceptors (Lipinski definition) is 5. The lowest BCUT2D eigenvalue weighted by Gasteiger charge is -2.05. The molecule has 0 saturated heterocycles. The van der Waals surface area contributed by atoms with E-state index in [1.54, 1.807) is 16.0 Å². The van der Waals surface area contributed by atoms with Gasteiger partial charge in [0, 0.05) is 18.1 Å². The zero-order valence-electron chi connectivity index (χ0n) is 9.61. The van der Waals surface area contributed by atoms with E-state index in [-0.39, 0.29) is 0 Å². The normalized spacial score (nSPS) is 10.7. The molecule has 0 amide bonds. The zero-order chi connectivity index (χ0) is 11.7. The summed E-state index contributed by atoms with van der Waals surface area (Å²) in [5.74, 6) is 0.852. The van der Waals surface area contributed by atoms with Crippen LogP contribution in [0, 0.1) is 13.8 Å². The van der Waals surface area contributed by atoms with Crippen molar-refractivity contribution in [2.24, 2.45) is 7.05 Å². The van der Waals surface area contributed by atoms with Crippen LogP contribution in [0.1, 0.15) is 15.6 Å². The van der Waals surface area contributed by atoms with Crippen LogP contribution in [0.4, 0.5) is 11.5 Å². The molecule has 6 heteroatoms. The van der Waals surface area contributed by atoms with Crippen LogP contribution in [0.2, 0.25) is 0 Å². The minimum Gasteiger partial charge on any atom is -0.394 e. The third-order valence-corrected chi connectivity index (χ3v) is 3.26. The van der Waals surface area contributed by atoms with Crippen molar-refractivity contribution < 1.29 is 0 Å². The van der Waals surface area contributed by atoms with Crippen molar-refractivity contribution in [3.63, 3.8) is 0 Å². The lowest BCUT2D eigenvalue weighted by atomic mass is 10.4. The fraction of sp³-hybridized carbons (Fsp3) is 0.400. The lowest BCUT2D eigenvalue weighted by Crippen LogP contribution is -2.06. The number of nitrogens with one attached hydrogen (secondary N) is 1. The molecular weight excluding hydrogens is 222 g/mol. The van der Waals surface area contributed by atoms with Crippen LogP contribution < -0.4 is 11.1 Å². The molecule has 0 aromatic carbocycles. The quantitative estimate of drug-likeness (QED) is 0.852. The fourth-order valence-corrected chi connectivity index (χ4v) is 2.25. The number of aryl methyl sites for hydroxylation is 3. The summed E-state index contributed by atoms with van der Waals surface area (Å²) in [5, 5.41) is 8.55. The molecule has 0 aliphatic carbocycles. The largest absolute Gasteiger partial charge is 0.394 e. The molecule has 3 N–H and O–H groups in total. The first kappa shape index (κ1) is 10.9. The molecule has 0 atom stereocenters. The molecular formula is C10H15N5S. The Morgan fingerprint density at radius 1 is 1.50 bits per heavy atom. The summed E-state index contributed by atoms with van der Waals surface area (Å²) in [6.07, 6.45) is 1.87. The summed E-state index contributed by atoms with van der Waals surface area (Å²) in [4.78, 5) is 5.50. The second-order valence-electron chi connectivity index (χ2n) is 3.69. The van der Waals surface area contributed by atoms with Crippen molar-refractivity contribution in [1.29, 1.82) is 0 Å². The number of nitrogens with zero attached hydrogens (tertiary/aromatic N) is 3. The van der Waals surface area contributed by atoms with Crippen LogP contribution in [0.25, 0.3) is 0 Å². The first-order valence-electron chi connectivity index (χ1n) is 5.02. The van der Waals surface area contributed by atoms with Crippen LogP contribution in [-0.4, -0.2) is 14.8 Å². The van der Waals surface area contributed by atoms with E-state index < -0.39 is 0 Å². The Hall–Kier alpha value is -1.56. The summed E-state index contributed by atoms with van der Waals surface area (Å²) in [7, 11) is 1.87. The second kappa shape index (κ2) is 4.13. The number of rotatable bonds is 3. The molecule has 0 bridgehead atoms. The van der Waals surface area contributed by atoms with E-state index in [2.05, 4.69) is 15.4 Å². The second-order valence-corrected chi connectivity index (χ2v) is 5.01. The molecule has 86 valence electrons. The van der Waals surface area contributed by atoms with E-state index in [1.165, 1.54) is 4.88 Å². The van der Waals surface area contributed by atoms with Gasteiger partial charge in [-0.2, -0.15) is 5.10 Å². The highest BCUT2D eigenvalue weighted by molar-refractivity contribution is 7.11. The van der Waals surface area contributed by atoms with Gasteiger partial charge in [0.2, 0.25) is 0 Å². The average molecular weight is 237 g/mol. The van der Waals surface area contributed by atoms with Gasteiger partial charge in [0.15, 0.2) is 0 Å². The summed E-state index contributed by atoms with van der Waals surface area (Å²) in [6.45, 7) is 4.62. The van der Waals surface area contributed by atoms with Gasteiger partial charge in [0.25, 0.3) is 0 Å². The van der Waals surface area contributed by atoms with Gasteiger partial charge in [-0.3, -0.25) is 4.68 Å². The average Bonchev–Trinajstić information content (AvgIpc) is 2.72. The highest BCUT2D eigenvalue weighted by atomic mass is 32.1. The number of nitrogen functional groups attached to an aromatic ring is 1. The molecule has 0 saturated carbocycles. The van der Waals surface area contributed by atoms with E-state index in [9.17, 15) is 0 Å². The van der Waals surface area contributed by atoms with Gasteiger partial charge in [0.1, 0.15) is 10.8 Å². The number of aromatic nitrogens is 3. The van der Waals surface area contributed by atoms with Crippen molar-refractivity contribution in [1.82, 2.24) is 14.8 Å². The molecule has 2 aromatic heterocycles. The Kier molecular flexibility index (Phi) is 2.82. The molecule has 2 rings (SSSR count). The molecule has 0 aliphatic rings. The number of hydrogen-bond donors (Lipinski definition) is 2. The minimum atomic E-state index is 0.682. The molecule has 0 unspecified atom stereocenters. The van der Waals surface area contributed by atoms with Crippen LogP contribution in [0.5, 0.6) is 0 Å². The van der Waals surface area contributed by atoms with Crippen LogP contribution >= 0.6 is 11.3 Å². The van der Waals surface area contributed by atoms with Crippen molar-refractivity contribution in [3.8, 4) is 0 Å². The van der Waals surface area contributed by atoms with Gasteiger partial charge in [0.05, 0.1) is 17.9 Å². The topological polar surface area (TPSA) is 68.8 Å². The molecule has 0 fully saturated rings. The van der Waals surface area contributed by atoms with Crippen LogP contribution in [-0.2, 0) is 13.6 Å². The summed E-state index contributed by atoms with van der Waals surface area (Å²) < 4.78 is 1.76. The smallest absolute Gasteiger partial charge is 0.148 e. The first-order valence-corrected chi connectivity index (χ1v) is 5.84. The Balaban J connectivity index is 2.10. The van der Waals surface area contributed by atoms with Gasteiger partial charge in [-0.15, -0.1) is 11.3 Å². The van der Waals surface area contributed by atoms with Gasteiger partial charge in [-0.05, 0) is 13.8 Å².